The predicted molar refractivity (Wildman–Crippen MR) is 217 cm³/mol. The number of rotatable bonds is 8. The van der Waals surface area contributed by atoms with E-state index in [1.54, 1.807) is 0 Å². The summed E-state index contributed by atoms with van der Waals surface area (Å²) in [7, 11) is 0. The molecule has 0 saturated carbocycles. The molecule has 6 heteroatoms. The van der Waals surface area contributed by atoms with Crippen molar-refractivity contribution in [2.24, 2.45) is 0 Å². The van der Waals surface area contributed by atoms with Crippen molar-refractivity contribution in [1.82, 2.24) is 10.9 Å². The van der Waals surface area contributed by atoms with E-state index in [-0.39, 0.29) is 12.3 Å². The van der Waals surface area contributed by atoms with Crippen molar-refractivity contribution < 1.29 is 4.74 Å². The Labute approximate surface area is 311 Å². The van der Waals surface area contributed by atoms with Gasteiger partial charge in [0.25, 0.3) is 0 Å². The van der Waals surface area contributed by atoms with Crippen LogP contribution in [0.25, 0.3) is 0 Å². The molecule has 2 aliphatic heterocycles. The molecule has 0 aliphatic carbocycles. The molecule has 6 nitrogen and oxygen atoms in total. The van der Waals surface area contributed by atoms with Crippen LogP contribution in [0.2, 0.25) is 0 Å². The fourth-order valence-corrected chi connectivity index (χ4v) is 7.68. The van der Waals surface area contributed by atoms with Gasteiger partial charge in [-0.15, -0.1) is 0 Å². The zero-order valence-electron chi connectivity index (χ0n) is 29.9. The van der Waals surface area contributed by atoms with Gasteiger partial charge in [0.05, 0.1) is 11.4 Å². The van der Waals surface area contributed by atoms with Crippen LogP contribution in [0.5, 0.6) is 11.5 Å². The minimum absolute atomic E-state index is 0.107. The lowest BCUT2D eigenvalue weighted by atomic mass is 10.0. The molecule has 0 amide bonds. The summed E-state index contributed by atoms with van der Waals surface area (Å²) in [6.07, 6.45) is 0.736. The molecule has 0 bridgehead atoms. The molecule has 1 saturated heterocycles. The number of para-hydroxylation sites is 7. The first-order valence-electron chi connectivity index (χ1n) is 18.3. The fraction of sp³-hybridized carbons (Fsp3) is 0.106. The number of hydrazine groups is 1. The van der Waals surface area contributed by atoms with E-state index in [1.807, 2.05) is 24.3 Å². The zero-order chi connectivity index (χ0) is 35.7. The van der Waals surface area contributed by atoms with Gasteiger partial charge in [-0.1, -0.05) is 110 Å². The average molecular weight is 692 g/mol. The standard InChI is InChI=1S/C47H41N5O/c1-3-34-16-8-10-20-41(34)50(40-19-9-7-15-33(40)2)38-29-25-35(26-30-38)46-48-49-47(52(46)37-17-5-4-6-18-37)36-27-31-39(32-28-36)51-42-21-11-13-23-44(42)53-45-24-14-12-22-43(45)51/h4-32,46-49H,3H2,1-2H3. The number of nitrogens with zero attached hydrogens (tertiary/aromatic N) is 3. The summed E-state index contributed by atoms with van der Waals surface area (Å²) in [6, 6.07) is 62.2. The molecule has 7 aromatic carbocycles. The number of aryl methyl sites for hydroxylation is 2. The second kappa shape index (κ2) is 14.0. The number of benzene rings is 7. The van der Waals surface area contributed by atoms with Gasteiger partial charge in [0.15, 0.2) is 11.5 Å². The normalized spacial score (nSPS) is 16.1. The van der Waals surface area contributed by atoms with Crippen molar-refractivity contribution in [3.05, 3.63) is 198 Å². The van der Waals surface area contributed by atoms with Gasteiger partial charge >= 0.3 is 0 Å². The molecule has 1 fully saturated rings. The number of anilines is 7. The van der Waals surface area contributed by atoms with Crippen molar-refractivity contribution in [2.75, 3.05) is 14.7 Å². The minimum atomic E-state index is -0.111. The van der Waals surface area contributed by atoms with Crippen molar-refractivity contribution in [2.45, 2.75) is 32.6 Å². The van der Waals surface area contributed by atoms with E-state index in [0.717, 1.165) is 51.9 Å². The third kappa shape index (κ3) is 5.98. The van der Waals surface area contributed by atoms with Crippen LogP contribution in [-0.2, 0) is 6.42 Å². The Morgan fingerprint density at radius 2 is 1.06 bits per heavy atom. The van der Waals surface area contributed by atoms with Crippen LogP contribution in [0.1, 0.15) is 41.5 Å². The molecule has 260 valence electrons. The Bertz CT molecular complexity index is 2310. The molecule has 2 atom stereocenters. The maximum atomic E-state index is 6.26. The molecule has 2 aliphatic rings. The van der Waals surface area contributed by atoms with E-state index in [2.05, 4.69) is 191 Å². The monoisotopic (exact) mass is 691 g/mol. The first-order chi connectivity index (χ1) is 26.2. The van der Waals surface area contributed by atoms with Crippen molar-refractivity contribution in [1.29, 1.82) is 0 Å². The lowest BCUT2D eigenvalue weighted by Gasteiger charge is -2.33. The van der Waals surface area contributed by atoms with Crippen LogP contribution >= 0.6 is 0 Å². The summed E-state index contributed by atoms with van der Waals surface area (Å²) in [5, 5.41) is 0. The summed E-state index contributed by atoms with van der Waals surface area (Å²) in [5.41, 5.74) is 19.9. The highest BCUT2D eigenvalue weighted by molar-refractivity contribution is 5.86. The van der Waals surface area contributed by atoms with Gasteiger partial charge in [-0.25, -0.2) is 10.9 Å². The van der Waals surface area contributed by atoms with E-state index < -0.39 is 0 Å². The van der Waals surface area contributed by atoms with Crippen LogP contribution in [0.3, 0.4) is 0 Å². The van der Waals surface area contributed by atoms with Crippen LogP contribution < -0.4 is 30.3 Å². The third-order valence-corrected chi connectivity index (χ3v) is 10.3. The molecule has 7 aromatic rings. The molecule has 2 unspecified atom stereocenters. The smallest absolute Gasteiger partial charge is 0.151 e. The number of nitrogens with one attached hydrogen (secondary N) is 2. The zero-order valence-corrected chi connectivity index (χ0v) is 29.9. The Hall–Kier alpha value is -6.34. The largest absolute Gasteiger partial charge is 0.453 e. The SMILES string of the molecule is CCc1ccccc1N(c1ccc(C2NNC(c3ccc(N4c5ccccc5Oc5ccccc54)cc3)N2c2ccccc2)cc1)c1ccccc1C. The average Bonchev–Trinajstić information content (AvgIpc) is 3.67. The Balaban J connectivity index is 1.05. The molecule has 0 aromatic heterocycles. The third-order valence-electron chi connectivity index (χ3n) is 10.3. The second-order valence-electron chi connectivity index (χ2n) is 13.5. The van der Waals surface area contributed by atoms with Gasteiger partial charge in [-0.05, 0) is 108 Å². The summed E-state index contributed by atoms with van der Waals surface area (Å²) in [6.45, 7) is 4.40. The molecule has 0 spiro atoms. The van der Waals surface area contributed by atoms with Gasteiger partial charge in [0.1, 0.15) is 12.3 Å². The molecule has 2 N–H and O–H groups in total. The van der Waals surface area contributed by atoms with Crippen molar-refractivity contribution in [3.63, 3.8) is 0 Å². The van der Waals surface area contributed by atoms with E-state index in [9.17, 15) is 0 Å². The van der Waals surface area contributed by atoms with E-state index in [4.69, 9.17) is 4.74 Å². The van der Waals surface area contributed by atoms with Crippen LogP contribution in [-0.4, -0.2) is 0 Å². The fourth-order valence-electron chi connectivity index (χ4n) is 7.68. The van der Waals surface area contributed by atoms with Gasteiger partial charge < -0.3 is 19.4 Å². The number of hydrogen-bond donors (Lipinski definition) is 2. The van der Waals surface area contributed by atoms with Crippen LogP contribution in [0, 0.1) is 6.92 Å². The number of ether oxygens (including phenoxy) is 1. The van der Waals surface area contributed by atoms with Crippen LogP contribution in [0.15, 0.2) is 176 Å². The highest BCUT2D eigenvalue weighted by atomic mass is 16.5. The van der Waals surface area contributed by atoms with E-state index in [1.165, 1.54) is 28.1 Å². The second-order valence-corrected chi connectivity index (χ2v) is 13.5. The maximum absolute atomic E-state index is 6.26. The van der Waals surface area contributed by atoms with Crippen molar-refractivity contribution in [3.8, 4) is 11.5 Å². The number of fused-ring (bicyclic) bond motifs is 2. The molecular weight excluding hydrogens is 651 g/mol. The predicted octanol–water partition coefficient (Wildman–Crippen LogP) is 11.9. The minimum Gasteiger partial charge on any atom is -0.453 e. The van der Waals surface area contributed by atoms with E-state index in [0.29, 0.717) is 0 Å². The quantitative estimate of drug-likeness (QED) is 0.165. The highest BCUT2D eigenvalue weighted by Gasteiger charge is 2.35. The first kappa shape index (κ1) is 32.6. The van der Waals surface area contributed by atoms with Gasteiger partial charge in [0.2, 0.25) is 0 Å². The van der Waals surface area contributed by atoms with Crippen molar-refractivity contribution >= 4 is 39.8 Å². The molecule has 0 radical (unpaired) electrons. The lowest BCUT2D eigenvalue weighted by molar-refractivity contribution is 0.477. The Kier molecular flexibility index (Phi) is 8.60. The topological polar surface area (TPSA) is 43.0 Å². The number of hydrogen-bond acceptors (Lipinski definition) is 6. The van der Waals surface area contributed by atoms with Gasteiger partial charge in [-0.3, -0.25) is 0 Å². The molecule has 53 heavy (non-hydrogen) atoms. The summed E-state index contributed by atoms with van der Waals surface area (Å²) < 4.78 is 6.26. The first-order valence-corrected chi connectivity index (χ1v) is 18.3. The molecule has 9 rings (SSSR count). The molecular formula is C47H41N5O. The maximum Gasteiger partial charge on any atom is 0.151 e. The summed E-state index contributed by atoms with van der Waals surface area (Å²) in [4.78, 5) is 7.09. The van der Waals surface area contributed by atoms with Crippen LogP contribution in [0.4, 0.5) is 39.8 Å². The summed E-state index contributed by atoms with van der Waals surface area (Å²) in [5.74, 6) is 1.69. The van der Waals surface area contributed by atoms with E-state index >= 15 is 0 Å². The summed E-state index contributed by atoms with van der Waals surface area (Å²) >= 11 is 0. The van der Waals surface area contributed by atoms with Gasteiger partial charge in [-0.2, -0.15) is 0 Å². The van der Waals surface area contributed by atoms with Gasteiger partial charge in [0, 0.05) is 28.4 Å². The highest BCUT2D eigenvalue weighted by Crippen LogP contribution is 2.50. The Morgan fingerprint density at radius 1 is 0.528 bits per heavy atom. The Morgan fingerprint density at radius 3 is 1.68 bits per heavy atom. The molecule has 2 heterocycles. The lowest BCUT2D eigenvalue weighted by Crippen LogP contribution is -2.29.